The lowest BCUT2D eigenvalue weighted by molar-refractivity contribution is -0.145. The highest BCUT2D eigenvalue weighted by Gasteiger charge is 2.31. The van der Waals surface area contributed by atoms with Crippen molar-refractivity contribution in [3.8, 4) is 0 Å². The van der Waals surface area contributed by atoms with Crippen molar-refractivity contribution in [1.82, 2.24) is 5.32 Å². The molecule has 0 aliphatic rings. The van der Waals surface area contributed by atoms with Gasteiger partial charge in [0, 0.05) is 0 Å². The molecule has 0 spiro atoms. The zero-order valence-electron chi connectivity index (χ0n) is 10.9. The quantitative estimate of drug-likeness (QED) is 0.772. The molecular weight excluding hydrogens is 229 g/mol. The number of hydrogen-bond acceptors (Lipinski definition) is 4. The molecule has 0 radical (unpaired) electrons. The van der Waals surface area contributed by atoms with E-state index in [2.05, 4.69) is 10.1 Å². The number of alkyl carbamates (subject to hydrolysis) is 1. The Morgan fingerprint density at radius 1 is 1.35 bits per heavy atom. The van der Waals surface area contributed by atoms with Crippen LogP contribution in [0.5, 0.6) is 0 Å². The SMILES string of the molecule is CC[C@H](F)[C@H](NC(=O)OC(C)(C)C)C(=O)OC. The molecule has 0 fully saturated rings. The van der Waals surface area contributed by atoms with E-state index >= 15 is 0 Å². The Hall–Kier alpha value is -1.33. The maximum absolute atomic E-state index is 13.5. The summed E-state index contributed by atoms with van der Waals surface area (Å²) in [5, 5.41) is 2.16. The highest BCUT2D eigenvalue weighted by Crippen LogP contribution is 2.10. The molecule has 1 N–H and O–H groups in total. The van der Waals surface area contributed by atoms with Crippen LogP contribution in [0, 0.1) is 0 Å². The van der Waals surface area contributed by atoms with Gasteiger partial charge in [-0.3, -0.25) is 0 Å². The van der Waals surface area contributed by atoms with Crippen LogP contribution in [0.4, 0.5) is 9.18 Å². The molecule has 6 heteroatoms. The van der Waals surface area contributed by atoms with Gasteiger partial charge in [-0.05, 0) is 27.2 Å². The predicted molar refractivity (Wildman–Crippen MR) is 60.4 cm³/mol. The molecule has 0 aromatic heterocycles. The molecule has 0 aromatic rings. The molecule has 1 amide bonds. The maximum atomic E-state index is 13.5. The highest BCUT2D eigenvalue weighted by molar-refractivity contribution is 5.82. The van der Waals surface area contributed by atoms with Crippen LogP contribution in [0.1, 0.15) is 34.1 Å². The van der Waals surface area contributed by atoms with E-state index in [9.17, 15) is 14.0 Å². The summed E-state index contributed by atoms with van der Waals surface area (Å²) in [6.45, 7) is 6.59. The Kier molecular flexibility index (Phi) is 5.91. The molecule has 2 atom stereocenters. The highest BCUT2D eigenvalue weighted by atomic mass is 19.1. The number of esters is 1. The number of nitrogens with one attached hydrogen (secondary N) is 1. The Balaban J connectivity index is 4.54. The van der Waals surface area contributed by atoms with E-state index in [1.54, 1.807) is 27.7 Å². The average molecular weight is 249 g/mol. The van der Waals surface area contributed by atoms with Gasteiger partial charge >= 0.3 is 12.1 Å². The number of alkyl halides is 1. The first-order chi connectivity index (χ1) is 7.71. The van der Waals surface area contributed by atoms with Crippen LogP contribution in [0.15, 0.2) is 0 Å². The normalized spacial score (nSPS) is 14.7. The maximum Gasteiger partial charge on any atom is 0.408 e. The topological polar surface area (TPSA) is 64.6 Å². The second-order valence-electron chi connectivity index (χ2n) is 4.57. The number of ether oxygens (including phenoxy) is 2. The summed E-state index contributed by atoms with van der Waals surface area (Å²) in [5.74, 6) is -0.829. The minimum Gasteiger partial charge on any atom is -0.467 e. The Morgan fingerprint density at radius 3 is 2.24 bits per heavy atom. The van der Waals surface area contributed by atoms with Gasteiger partial charge in [-0.1, -0.05) is 6.92 Å². The molecule has 0 bridgehead atoms. The molecule has 100 valence electrons. The van der Waals surface area contributed by atoms with Gasteiger partial charge in [-0.2, -0.15) is 0 Å². The van der Waals surface area contributed by atoms with E-state index < -0.39 is 29.9 Å². The summed E-state index contributed by atoms with van der Waals surface area (Å²) in [4.78, 5) is 22.7. The van der Waals surface area contributed by atoms with E-state index in [1.807, 2.05) is 0 Å². The van der Waals surface area contributed by atoms with E-state index in [0.29, 0.717) is 0 Å². The summed E-state index contributed by atoms with van der Waals surface area (Å²) in [6.07, 6.45) is -2.26. The summed E-state index contributed by atoms with van der Waals surface area (Å²) in [7, 11) is 1.13. The van der Waals surface area contributed by atoms with Gasteiger partial charge in [0.05, 0.1) is 7.11 Å². The summed E-state index contributed by atoms with van der Waals surface area (Å²) >= 11 is 0. The number of hydrogen-bond donors (Lipinski definition) is 1. The second-order valence-corrected chi connectivity index (χ2v) is 4.57. The van der Waals surface area contributed by atoms with E-state index in [-0.39, 0.29) is 6.42 Å². The lowest BCUT2D eigenvalue weighted by atomic mass is 10.1. The summed E-state index contributed by atoms with van der Waals surface area (Å²) in [5.41, 5.74) is -0.706. The van der Waals surface area contributed by atoms with Crippen LogP contribution in [-0.4, -0.2) is 37.0 Å². The van der Waals surface area contributed by atoms with E-state index in [1.165, 1.54) is 0 Å². The summed E-state index contributed by atoms with van der Waals surface area (Å²) < 4.78 is 22.8. The minimum absolute atomic E-state index is 0.0928. The smallest absolute Gasteiger partial charge is 0.408 e. The number of amides is 1. The fourth-order valence-corrected chi connectivity index (χ4v) is 1.09. The molecule has 0 unspecified atom stereocenters. The predicted octanol–water partition coefficient (Wildman–Crippen LogP) is 1.80. The van der Waals surface area contributed by atoms with E-state index in [4.69, 9.17) is 4.74 Å². The first kappa shape index (κ1) is 15.7. The van der Waals surface area contributed by atoms with Crippen molar-refractivity contribution >= 4 is 12.1 Å². The third kappa shape index (κ3) is 6.09. The van der Waals surface area contributed by atoms with Gasteiger partial charge in [0.1, 0.15) is 11.8 Å². The number of halogens is 1. The van der Waals surface area contributed by atoms with Crippen molar-refractivity contribution < 1.29 is 23.5 Å². The van der Waals surface area contributed by atoms with E-state index in [0.717, 1.165) is 7.11 Å². The van der Waals surface area contributed by atoms with Crippen molar-refractivity contribution in [2.45, 2.75) is 51.9 Å². The molecule has 0 aliphatic heterocycles. The standard InChI is InChI=1S/C11H20FNO4/c1-6-7(12)8(9(14)16-5)13-10(15)17-11(2,3)4/h7-8H,6H2,1-5H3,(H,13,15)/t7-,8-/m0/s1. The molecule has 0 aromatic carbocycles. The molecule has 0 saturated heterocycles. The molecule has 17 heavy (non-hydrogen) atoms. The lowest BCUT2D eigenvalue weighted by Gasteiger charge is -2.23. The summed E-state index contributed by atoms with van der Waals surface area (Å²) in [6, 6.07) is -1.33. The Bertz CT molecular complexity index is 275. The molecule has 0 heterocycles. The van der Waals surface area contributed by atoms with Crippen molar-refractivity contribution in [2.24, 2.45) is 0 Å². The molecule has 0 rings (SSSR count). The molecular formula is C11H20FNO4. The van der Waals surface area contributed by atoms with Crippen LogP contribution >= 0.6 is 0 Å². The molecule has 0 aliphatic carbocycles. The van der Waals surface area contributed by atoms with Crippen LogP contribution in [0.2, 0.25) is 0 Å². The molecule has 5 nitrogen and oxygen atoms in total. The van der Waals surface area contributed by atoms with Crippen LogP contribution in [0.25, 0.3) is 0 Å². The number of carbonyl (C=O) groups is 2. The fourth-order valence-electron chi connectivity index (χ4n) is 1.09. The van der Waals surface area contributed by atoms with Crippen molar-refractivity contribution in [3.05, 3.63) is 0 Å². The van der Waals surface area contributed by atoms with Crippen molar-refractivity contribution in [3.63, 3.8) is 0 Å². The largest absolute Gasteiger partial charge is 0.467 e. The van der Waals surface area contributed by atoms with Gasteiger partial charge < -0.3 is 14.8 Å². The number of rotatable bonds is 4. The third-order valence-electron chi connectivity index (χ3n) is 1.88. The number of methoxy groups -OCH3 is 1. The van der Waals surface area contributed by atoms with Crippen molar-refractivity contribution in [1.29, 1.82) is 0 Å². The van der Waals surface area contributed by atoms with Gasteiger partial charge in [0.25, 0.3) is 0 Å². The monoisotopic (exact) mass is 249 g/mol. The van der Waals surface area contributed by atoms with Crippen LogP contribution in [0.3, 0.4) is 0 Å². The Morgan fingerprint density at radius 2 is 1.88 bits per heavy atom. The van der Waals surface area contributed by atoms with Crippen LogP contribution in [-0.2, 0) is 14.3 Å². The Labute approximate surface area is 101 Å². The van der Waals surface area contributed by atoms with Gasteiger partial charge in [-0.25, -0.2) is 14.0 Å². The minimum atomic E-state index is -1.50. The van der Waals surface area contributed by atoms with Gasteiger partial charge in [0.2, 0.25) is 0 Å². The second kappa shape index (κ2) is 6.42. The van der Waals surface area contributed by atoms with Crippen molar-refractivity contribution in [2.75, 3.05) is 7.11 Å². The zero-order chi connectivity index (χ0) is 13.6. The zero-order valence-corrected chi connectivity index (χ0v) is 10.9. The van der Waals surface area contributed by atoms with Crippen LogP contribution < -0.4 is 5.32 Å². The molecule has 0 saturated carbocycles. The van der Waals surface area contributed by atoms with Gasteiger partial charge in [0.15, 0.2) is 6.04 Å². The average Bonchev–Trinajstić information content (AvgIpc) is 2.21. The number of carbonyl (C=O) groups excluding carboxylic acids is 2. The third-order valence-corrected chi connectivity index (χ3v) is 1.88. The lowest BCUT2D eigenvalue weighted by Crippen LogP contribution is -2.49. The van der Waals surface area contributed by atoms with Gasteiger partial charge in [-0.15, -0.1) is 0 Å². The first-order valence-corrected chi connectivity index (χ1v) is 5.42. The first-order valence-electron chi connectivity index (χ1n) is 5.42. The fraction of sp³-hybridized carbons (Fsp3) is 0.818.